The Balaban J connectivity index is 1.57. The lowest BCUT2D eigenvalue weighted by atomic mass is 9.79. The number of nitrogens with zero attached hydrogens (tertiary/aromatic N) is 1. The minimum Gasteiger partial charge on any atom is -0.423 e. The molecule has 1 amide bonds. The predicted octanol–water partition coefficient (Wildman–Crippen LogP) is 1.24. The van der Waals surface area contributed by atoms with E-state index in [1.807, 2.05) is 17.0 Å². The summed E-state index contributed by atoms with van der Waals surface area (Å²) in [5.74, 6) is 0.450. The lowest BCUT2D eigenvalue weighted by Gasteiger charge is -2.31. The highest BCUT2D eigenvalue weighted by Crippen LogP contribution is 2.28. The second-order valence-corrected chi connectivity index (χ2v) is 6.93. The standard InChI is InChI=1S/C21H25BN2O3/c23-15-17-4-1-5-19(13-17)18-9-11-24(12-10-18)21(25)8-7-16-3-2-6-20(14-16)22(26)27/h1-8,13-14,18,26-27H,9-12,15,23H2/b8-7+. The molecule has 0 aliphatic carbocycles. The fraction of sp³-hybridized carbons (Fsp3) is 0.286. The Bertz CT molecular complexity index is 815. The summed E-state index contributed by atoms with van der Waals surface area (Å²) in [5.41, 5.74) is 9.35. The van der Waals surface area contributed by atoms with Gasteiger partial charge in [0.15, 0.2) is 0 Å². The van der Waals surface area contributed by atoms with E-state index in [-0.39, 0.29) is 5.91 Å². The molecule has 0 atom stereocenters. The van der Waals surface area contributed by atoms with Gasteiger partial charge in [-0.15, -0.1) is 0 Å². The quantitative estimate of drug-likeness (QED) is 0.551. The zero-order valence-electron chi connectivity index (χ0n) is 15.3. The van der Waals surface area contributed by atoms with Gasteiger partial charge in [0, 0.05) is 25.7 Å². The summed E-state index contributed by atoms with van der Waals surface area (Å²) in [5, 5.41) is 18.5. The van der Waals surface area contributed by atoms with Crippen molar-refractivity contribution in [2.24, 2.45) is 5.73 Å². The molecule has 140 valence electrons. The lowest BCUT2D eigenvalue weighted by Crippen LogP contribution is -2.36. The molecule has 1 saturated heterocycles. The van der Waals surface area contributed by atoms with Gasteiger partial charge in [0.1, 0.15) is 0 Å². The molecule has 5 nitrogen and oxygen atoms in total. The van der Waals surface area contributed by atoms with Gasteiger partial charge in [-0.25, -0.2) is 0 Å². The van der Waals surface area contributed by atoms with E-state index in [1.165, 1.54) is 5.56 Å². The molecular formula is C21H25BN2O3. The van der Waals surface area contributed by atoms with E-state index in [4.69, 9.17) is 5.73 Å². The summed E-state index contributed by atoms with van der Waals surface area (Å²) < 4.78 is 0. The van der Waals surface area contributed by atoms with Crippen LogP contribution in [0.25, 0.3) is 6.08 Å². The maximum Gasteiger partial charge on any atom is 0.488 e. The van der Waals surface area contributed by atoms with Crippen molar-refractivity contribution in [2.75, 3.05) is 13.1 Å². The molecule has 1 aliphatic rings. The SMILES string of the molecule is NCc1cccc(C2CCN(C(=O)/C=C/c3cccc(B(O)O)c3)CC2)c1. The van der Waals surface area contributed by atoms with E-state index in [0.29, 0.717) is 17.9 Å². The van der Waals surface area contributed by atoms with Crippen molar-refractivity contribution >= 4 is 24.6 Å². The zero-order valence-corrected chi connectivity index (χ0v) is 15.3. The number of carbonyl (C=O) groups is 1. The molecule has 0 spiro atoms. The van der Waals surface area contributed by atoms with Gasteiger partial charge in [-0.3, -0.25) is 4.79 Å². The molecule has 1 heterocycles. The highest BCUT2D eigenvalue weighted by Gasteiger charge is 2.22. The monoisotopic (exact) mass is 364 g/mol. The Morgan fingerprint density at radius 2 is 1.89 bits per heavy atom. The first-order valence-corrected chi connectivity index (χ1v) is 9.29. The smallest absolute Gasteiger partial charge is 0.423 e. The minimum absolute atomic E-state index is 0.0147. The maximum atomic E-state index is 12.5. The predicted molar refractivity (Wildman–Crippen MR) is 108 cm³/mol. The topological polar surface area (TPSA) is 86.8 Å². The number of amides is 1. The van der Waals surface area contributed by atoms with Gasteiger partial charge in [-0.1, -0.05) is 48.5 Å². The summed E-state index contributed by atoms with van der Waals surface area (Å²) in [6, 6.07) is 15.3. The molecule has 2 aromatic carbocycles. The van der Waals surface area contributed by atoms with Crippen LogP contribution in [-0.4, -0.2) is 41.1 Å². The molecule has 0 radical (unpaired) electrons. The third-order valence-corrected chi connectivity index (χ3v) is 5.09. The van der Waals surface area contributed by atoms with Crippen LogP contribution in [0, 0.1) is 0 Å². The average Bonchev–Trinajstić information content (AvgIpc) is 2.72. The first-order chi connectivity index (χ1) is 13.1. The zero-order chi connectivity index (χ0) is 19.2. The van der Waals surface area contributed by atoms with Crippen LogP contribution in [0.1, 0.15) is 35.4 Å². The minimum atomic E-state index is -1.51. The van der Waals surface area contributed by atoms with Crippen LogP contribution in [-0.2, 0) is 11.3 Å². The first-order valence-electron chi connectivity index (χ1n) is 9.29. The van der Waals surface area contributed by atoms with E-state index in [9.17, 15) is 14.8 Å². The first kappa shape index (κ1) is 19.4. The number of piperidine rings is 1. The second-order valence-electron chi connectivity index (χ2n) is 6.93. The number of likely N-dealkylation sites (tertiary alicyclic amines) is 1. The molecule has 27 heavy (non-hydrogen) atoms. The molecule has 0 saturated carbocycles. The lowest BCUT2D eigenvalue weighted by molar-refractivity contribution is -0.126. The van der Waals surface area contributed by atoms with Crippen LogP contribution >= 0.6 is 0 Å². The third-order valence-electron chi connectivity index (χ3n) is 5.09. The van der Waals surface area contributed by atoms with Crippen LogP contribution in [0.15, 0.2) is 54.6 Å². The van der Waals surface area contributed by atoms with E-state index in [1.54, 1.807) is 30.4 Å². The van der Waals surface area contributed by atoms with Crippen LogP contribution < -0.4 is 11.2 Å². The molecule has 1 fully saturated rings. The van der Waals surface area contributed by atoms with Crippen molar-refractivity contribution in [2.45, 2.75) is 25.3 Å². The van der Waals surface area contributed by atoms with Crippen molar-refractivity contribution in [1.82, 2.24) is 4.90 Å². The Labute approximate surface area is 160 Å². The Morgan fingerprint density at radius 3 is 2.59 bits per heavy atom. The van der Waals surface area contributed by atoms with Gasteiger partial charge in [-0.05, 0) is 47.0 Å². The second kappa shape index (κ2) is 8.99. The van der Waals surface area contributed by atoms with E-state index in [0.717, 1.165) is 37.1 Å². The van der Waals surface area contributed by atoms with Crippen molar-refractivity contribution in [3.63, 3.8) is 0 Å². The largest absolute Gasteiger partial charge is 0.488 e. The Hall–Kier alpha value is -2.41. The van der Waals surface area contributed by atoms with Crippen molar-refractivity contribution in [3.05, 3.63) is 71.3 Å². The summed E-state index contributed by atoms with van der Waals surface area (Å²) in [6.07, 6.45) is 5.16. The number of benzene rings is 2. The van der Waals surface area contributed by atoms with Gasteiger partial charge in [0.05, 0.1) is 0 Å². The van der Waals surface area contributed by atoms with Gasteiger partial charge in [-0.2, -0.15) is 0 Å². The number of hydrogen-bond acceptors (Lipinski definition) is 4. The van der Waals surface area contributed by atoms with Gasteiger partial charge >= 0.3 is 7.12 Å². The summed E-state index contributed by atoms with van der Waals surface area (Å²) in [4.78, 5) is 14.3. The third kappa shape index (κ3) is 5.07. The molecule has 6 heteroatoms. The molecule has 3 rings (SSSR count). The fourth-order valence-electron chi connectivity index (χ4n) is 3.50. The Kier molecular flexibility index (Phi) is 6.45. The molecule has 0 aromatic heterocycles. The van der Waals surface area contributed by atoms with Crippen molar-refractivity contribution in [3.8, 4) is 0 Å². The van der Waals surface area contributed by atoms with Crippen LogP contribution in [0.2, 0.25) is 0 Å². The summed E-state index contributed by atoms with van der Waals surface area (Å²) >= 11 is 0. The van der Waals surface area contributed by atoms with Gasteiger partial charge < -0.3 is 20.7 Å². The highest BCUT2D eigenvalue weighted by molar-refractivity contribution is 6.58. The molecular weight excluding hydrogens is 339 g/mol. The number of hydrogen-bond donors (Lipinski definition) is 3. The van der Waals surface area contributed by atoms with Crippen LogP contribution in [0.3, 0.4) is 0 Å². The highest BCUT2D eigenvalue weighted by atomic mass is 16.4. The van der Waals surface area contributed by atoms with Crippen molar-refractivity contribution < 1.29 is 14.8 Å². The van der Waals surface area contributed by atoms with Crippen molar-refractivity contribution in [1.29, 1.82) is 0 Å². The molecule has 0 unspecified atom stereocenters. The molecule has 1 aliphatic heterocycles. The number of nitrogens with two attached hydrogens (primary N) is 1. The van der Waals surface area contributed by atoms with Crippen LogP contribution in [0.5, 0.6) is 0 Å². The summed E-state index contributed by atoms with van der Waals surface area (Å²) in [7, 11) is -1.51. The normalized spacial score (nSPS) is 15.3. The van der Waals surface area contributed by atoms with E-state index < -0.39 is 7.12 Å². The summed E-state index contributed by atoms with van der Waals surface area (Å²) in [6.45, 7) is 2.01. The Morgan fingerprint density at radius 1 is 1.15 bits per heavy atom. The van der Waals surface area contributed by atoms with Gasteiger partial charge in [0.2, 0.25) is 5.91 Å². The number of rotatable bonds is 5. The average molecular weight is 364 g/mol. The fourth-order valence-corrected chi connectivity index (χ4v) is 3.50. The molecule has 2 aromatic rings. The van der Waals surface area contributed by atoms with E-state index >= 15 is 0 Å². The van der Waals surface area contributed by atoms with E-state index in [2.05, 4.69) is 18.2 Å². The maximum absolute atomic E-state index is 12.5. The molecule has 4 N–H and O–H groups in total. The van der Waals surface area contributed by atoms with Crippen LogP contribution in [0.4, 0.5) is 0 Å². The number of carbonyl (C=O) groups excluding carboxylic acids is 1. The van der Waals surface area contributed by atoms with Gasteiger partial charge in [0.25, 0.3) is 0 Å². The molecule has 0 bridgehead atoms.